The average Bonchev–Trinajstić information content (AvgIpc) is 2.27. The van der Waals surface area contributed by atoms with Crippen molar-refractivity contribution in [2.24, 2.45) is 5.41 Å². The first kappa shape index (κ1) is 14.7. The Kier molecular flexibility index (Phi) is 4.87. The fourth-order valence-corrected chi connectivity index (χ4v) is 1.26. The van der Waals surface area contributed by atoms with Crippen molar-refractivity contribution < 1.29 is 22.6 Å². The number of alkyl halides is 1. The molecule has 0 aliphatic carbocycles. The minimum Gasteiger partial charge on any atom is -0.490 e. The Morgan fingerprint density at radius 1 is 1.00 bits per heavy atom. The van der Waals surface area contributed by atoms with E-state index in [0.717, 1.165) is 6.07 Å². The van der Waals surface area contributed by atoms with Crippen LogP contribution in [0.1, 0.15) is 27.2 Å². The first-order valence-corrected chi connectivity index (χ1v) is 5.65. The quantitative estimate of drug-likeness (QED) is 0.795. The molecule has 0 N–H and O–H groups in total. The van der Waals surface area contributed by atoms with Gasteiger partial charge >= 0.3 is 0 Å². The first-order valence-electron chi connectivity index (χ1n) is 5.65. The molecule has 2 nitrogen and oxygen atoms in total. The maximum Gasteiger partial charge on any atom is 0.228 e. The van der Waals surface area contributed by atoms with Gasteiger partial charge < -0.3 is 9.47 Å². The lowest BCUT2D eigenvalue weighted by atomic mass is 9.93. The third kappa shape index (κ3) is 4.13. The molecule has 18 heavy (non-hydrogen) atoms. The zero-order valence-corrected chi connectivity index (χ0v) is 10.7. The van der Waals surface area contributed by atoms with Gasteiger partial charge in [0.25, 0.3) is 0 Å². The number of benzene rings is 1. The highest BCUT2D eigenvalue weighted by atomic mass is 19.2. The van der Waals surface area contributed by atoms with Crippen LogP contribution in [-0.2, 0) is 0 Å². The third-order valence-electron chi connectivity index (χ3n) is 2.33. The molecule has 1 aromatic carbocycles. The number of hydrogen-bond acceptors (Lipinski definition) is 2. The molecule has 0 amide bonds. The molecule has 0 aromatic heterocycles. The summed E-state index contributed by atoms with van der Waals surface area (Å²) < 4.78 is 48.2. The summed E-state index contributed by atoms with van der Waals surface area (Å²) in [4.78, 5) is 0. The van der Waals surface area contributed by atoms with Gasteiger partial charge in [0.15, 0.2) is 11.5 Å². The molecule has 102 valence electrons. The summed E-state index contributed by atoms with van der Waals surface area (Å²) in [6, 6.07) is 2.37. The Labute approximate surface area is 105 Å². The van der Waals surface area contributed by atoms with Gasteiger partial charge in [0.2, 0.25) is 18.5 Å². The molecule has 0 radical (unpaired) electrons. The standard InChI is InChI=1S/C13H17F3O2/c1-13(2,3)6-7-17-9-4-5-10(18-8-14)12(16)11(9)15/h4-5H,6-8H2,1-3H3. The highest BCUT2D eigenvalue weighted by molar-refractivity contribution is 5.34. The molecule has 0 atom stereocenters. The number of hydrogen-bond donors (Lipinski definition) is 0. The van der Waals surface area contributed by atoms with E-state index < -0.39 is 24.2 Å². The fraction of sp³-hybridized carbons (Fsp3) is 0.538. The van der Waals surface area contributed by atoms with E-state index in [0.29, 0.717) is 6.42 Å². The lowest BCUT2D eigenvalue weighted by molar-refractivity contribution is 0.180. The van der Waals surface area contributed by atoms with Gasteiger partial charge in [-0.05, 0) is 24.0 Å². The van der Waals surface area contributed by atoms with Crippen molar-refractivity contribution in [2.45, 2.75) is 27.2 Å². The van der Waals surface area contributed by atoms with Gasteiger partial charge in [0.1, 0.15) is 0 Å². The molecule has 0 aliphatic rings. The van der Waals surface area contributed by atoms with Crippen LogP contribution in [0.3, 0.4) is 0 Å². The van der Waals surface area contributed by atoms with Gasteiger partial charge in [-0.25, -0.2) is 4.39 Å². The van der Waals surface area contributed by atoms with E-state index in [1.807, 2.05) is 20.8 Å². The zero-order chi connectivity index (χ0) is 13.8. The normalized spacial score (nSPS) is 11.4. The van der Waals surface area contributed by atoms with E-state index in [1.165, 1.54) is 6.07 Å². The molecule has 0 unspecified atom stereocenters. The molecule has 5 heteroatoms. The van der Waals surface area contributed by atoms with Crippen LogP contribution in [0.25, 0.3) is 0 Å². The van der Waals surface area contributed by atoms with Crippen LogP contribution >= 0.6 is 0 Å². The summed E-state index contributed by atoms with van der Waals surface area (Å²) in [5.74, 6) is -3.04. The Morgan fingerprint density at radius 2 is 1.50 bits per heavy atom. The third-order valence-corrected chi connectivity index (χ3v) is 2.33. The Bertz CT molecular complexity index is 400. The van der Waals surface area contributed by atoms with Crippen molar-refractivity contribution in [3.05, 3.63) is 23.8 Å². The molecular formula is C13H17F3O2. The summed E-state index contributed by atoms with van der Waals surface area (Å²) in [5, 5.41) is 0. The second-order valence-electron chi connectivity index (χ2n) is 5.10. The Balaban J connectivity index is 2.70. The molecule has 0 aliphatic heterocycles. The Hall–Kier alpha value is -1.39. The van der Waals surface area contributed by atoms with E-state index in [4.69, 9.17) is 4.74 Å². The van der Waals surface area contributed by atoms with Gasteiger partial charge in [0.05, 0.1) is 6.61 Å². The van der Waals surface area contributed by atoms with Crippen molar-refractivity contribution in [3.63, 3.8) is 0 Å². The molecule has 0 heterocycles. The van der Waals surface area contributed by atoms with Crippen molar-refractivity contribution >= 4 is 0 Å². The van der Waals surface area contributed by atoms with Crippen molar-refractivity contribution in [2.75, 3.05) is 13.5 Å². The van der Waals surface area contributed by atoms with E-state index in [9.17, 15) is 13.2 Å². The minimum absolute atomic E-state index is 0.0479. The maximum atomic E-state index is 13.5. The number of ether oxygens (including phenoxy) is 2. The van der Waals surface area contributed by atoms with Crippen LogP contribution in [0.5, 0.6) is 11.5 Å². The predicted molar refractivity (Wildman–Crippen MR) is 62.5 cm³/mol. The molecule has 1 rings (SSSR count). The van der Waals surface area contributed by atoms with Crippen LogP contribution < -0.4 is 9.47 Å². The van der Waals surface area contributed by atoms with Crippen molar-refractivity contribution in [1.29, 1.82) is 0 Å². The minimum atomic E-state index is -1.24. The lowest BCUT2D eigenvalue weighted by Crippen LogP contribution is -2.12. The summed E-state index contributed by atoms with van der Waals surface area (Å²) in [7, 11) is 0. The van der Waals surface area contributed by atoms with Crippen LogP contribution in [0, 0.1) is 17.0 Å². The van der Waals surface area contributed by atoms with Gasteiger partial charge in [-0.1, -0.05) is 20.8 Å². The topological polar surface area (TPSA) is 18.5 Å². The Morgan fingerprint density at radius 3 is 1.94 bits per heavy atom. The average molecular weight is 262 g/mol. The monoisotopic (exact) mass is 262 g/mol. The highest BCUT2D eigenvalue weighted by Gasteiger charge is 2.16. The predicted octanol–water partition coefficient (Wildman–Crippen LogP) is 4.09. The number of rotatable bonds is 5. The summed E-state index contributed by atoms with van der Waals surface area (Å²) in [6.07, 6.45) is 0.705. The van der Waals surface area contributed by atoms with E-state index in [-0.39, 0.29) is 17.8 Å². The van der Waals surface area contributed by atoms with E-state index >= 15 is 0 Å². The fourth-order valence-electron chi connectivity index (χ4n) is 1.26. The largest absolute Gasteiger partial charge is 0.490 e. The molecular weight excluding hydrogens is 245 g/mol. The molecule has 0 spiro atoms. The second kappa shape index (κ2) is 5.98. The summed E-state index contributed by atoms with van der Waals surface area (Å²) in [5.41, 5.74) is 0.0479. The van der Waals surface area contributed by atoms with Crippen molar-refractivity contribution in [1.82, 2.24) is 0 Å². The van der Waals surface area contributed by atoms with Crippen LogP contribution in [-0.4, -0.2) is 13.5 Å². The van der Waals surface area contributed by atoms with Gasteiger partial charge in [-0.3, -0.25) is 0 Å². The molecule has 0 bridgehead atoms. The zero-order valence-electron chi connectivity index (χ0n) is 10.7. The van der Waals surface area contributed by atoms with E-state index in [1.54, 1.807) is 0 Å². The van der Waals surface area contributed by atoms with Gasteiger partial charge in [-0.2, -0.15) is 8.78 Å². The summed E-state index contributed by atoms with van der Waals surface area (Å²) in [6.45, 7) is 5.13. The van der Waals surface area contributed by atoms with Crippen LogP contribution in [0.2, 0.25) is 0 Å². The molecule has 0 fully saturated rings. The van der Waals surface area contributed by atoms with Crippen molar-refractivity contribution in [3.8, 4) is 11.5 Å². The smallest absolute Gasteiger partial charge is 0.228 e. The lowest BCUT2D eigenvalue weighted by Gasteiger charge is -2.18. The second-order valence-corrected chi connectivity index (χ2v) is 5.10. The molecule has 0 saturated carbocycles. The summed E-state index contributed by atoms with van der Waals surface area (Å²) >= 11 is 0. The molecule has 1 aromatic rings. The number of halogens is 3. The first-order chi connectivity index (χ1) is 8.35. The van der Waals surface area contributed by atoms with Gasteiger partial charge in [-0.15, -0.1) is 0 Å². The van der Waals surface area contributed by atoms with E-state index in [2.05, 4.69) is 4.74 Å². The highest BCUT2D eigenvalue weighted by Crippen LogP contribution is 2.28. The maximum absolute atomic E-state index is 13.5. The van der Waals surface area contributed by atoms with Crippen LogP contribution in [0.4, 0.5) is 13.2 Å². The SMILES string of the molecule is CC(C)(C)CCOc1ccc(OCF)c(F)c1F. The molecule has 0 saturated heterocycles. The van der Waals surface area contributed by atoms with Crippen LogP contribution in [0.15, 0.2) is 12.1 Å². The van der Waals surface area contributed by atoms with Gasteiger partial charge in [0, 0.05) is 0 Å².